The number of hydrogen-bond donors (Lipinski definition) is 0. The molecule has 2 aliphatic heterocycles. The summed E-state index contributed by atoms with van der Waals surface area (Å²) in [6.45, 7) is 2.38. The average Bonchev–Trinajstić information content (AvgIpc) is 2.93. The summed E-state index contributed by atoms with van der Waals surface area (Å²) in [5.41, 5.74) is 4.37. The van der Waals surface area contributed by atoms with Gasteiger partial charge in [0.05, 0.1) is 5.69 Å². The second-order valence-corrected chi connectivity index (χ2v) is 10.3. The van der Waals surface area contributed by atoms with Gasteiger partial charge in [0, 0.05) is 54.9 Å². The van der Waals surface area contributed by atoms with Gasteiger partial charge in [-0.3, -0.25) is 0 Å². The van der Waals surface area contributed by atoms with E-state index in [1.165, 1.54) is 0 Å². The summed E-state index contributed by atoms with van der Waals surface area (Å²) in [5.74, 6) is 1.54. The zero-order chi connectivity index (χ0) is 25.8. The topological polar surface area (TPSA) is 40.2 Å². The highest BCUT2D eigenvalue weighted by Gasteiger charge is 2.28. The van der Waals surface area contributed by atoms with Gasteiger partial charge in [-0.15, -0.1) is 0 Å². The SMILES string of the molecule is COC(OC)C1CCN(c2ccc(C3=C(Br)COc4cc(OCc5ccccc5)ccc43)cc2F)CC1. The Morgan fingerprint density at radius 2 is 1.76 bits per heavy atom. The number of piperidine rings is 1. The number of ether oxygens (including phenoxy) is 4. The fraction of sp³-hybridized carbons (Fsp3) is 0.333. The van der Waals surface area contributed by atoms with Crippen LogP contribution < -0.4 is 14.4 Å². The number of benzene rings is 3. The minimum absolute atomic E-state index is 0.212. The van der Waals surface area contributed by atoms with E-state index in [4.69, 9.17) is 18.9 Å². The first-order valence-corrected chi connectivity index (χ1v) is 13.3. The molecule has 0 aromatic heterocycles. The van der Waals surface area contributed by atoms with E-state index in [1.54, 1.807) is 20.3 Å². The van der Waals surface area contributed by atoms with E-state index in [0.717, 1.165) is 64.2 Å². The van der Waals surface area contributed by atoms with Gasteiger partial charge in [0.25, 0.3) is 0 Å². The molecule has 0 bridgehead atoms. The Bertz CT molecular complexity index is 1250. The lowest BCUT2D eigenvalue weighted by atomic mass is 9.93. The highest BCUT2D eigenvalue weighted by molar-refractivity contribution is 9.11. The molecule has 2 heterocycles. The molecule has 2 aliphatic rings. The lowest BCUT2D eigenvalue weighted by Gasteiger charge is -2.36. The van der Waals surface area contributed by atoms with Crippen molar-refractivity contribution < 1.29 is 23.3 Å². The Labute approximate surface area is 225 Å². The second kappa shape index (κ2) is 11.7. The maximum absolute atomic E-state index is 15.4. The van der Waals surface area contributed by atoms with Gasteiger partial charge < -0.3 is 23.8 Å². The lowest BCUT2D eigenvalue weighted by molar-refractivity contribution is -0.141. The molecule has 0 spiro atoms. The van der Waals surface area contributed by atoms with Crippen LogP contribution in [0.4, 0.5) is 10.1 Å². The van der Waals surface area contributed by atoms with Crippen molar-refractivity contribution in [3.63, 3.8) is 0 Å². The summed E-state index contributed by atoms with van der Waals surface area (Å²) in [6, 6.07) is 21.3. The largest absolute Gasteiger partial charge is 0.489 e. The van der Waals surface area contributed by atoms with Gasteiger partial charge >= 0.3 is 0 Å². The molecule has 194 valence electrons. The van der Waals surface area contributed by atoms with E-state index < -0.39 is 0 Å². The van der Waals surface area contributed by atoms with Crippen molar-refractivity contribution >= 4 is 27.2 Å². The molecule has 0 unspecified atom stereocenters. The number of methoxy groups -OCH3 is 2. The third-order valence-corrected chi connectivity index (χ3v) is 7.69. The highest BCUT2D eigenvalue weighted by atomic mass is 79.9. The van der Waals surface area contributed by atoms with Crippen molar-refractivity contribution in [2.75, 3.05) is 38.8 Å². The predicted molar refractivity (Wildman–Crippen MR) is 147 cm³/mol. The molecule has 5 rings (SSSR count). The van der Waals surface area contributed by atoms with Gasteiger partial charge in [-0.25, -0.2) is 4.39 Å². The fourth-order valence-electron chi connectivity index (χ4n) is 5.14. The Kier molecular flexibility index (Phi) is 8.13. The smallest absolute Gasteiger partial charge is 0.159 e. The molecule has 3 aromatic carbocycles. The Morgan fingerprint density at radius 3 is 2.46 bits per heavy atom. The Balaban J connectivity index is 1.32. The van der Waals surface area contributed by atoms with E-state index in [1.807, 2.05) is 60.7 Å². The van der Waals surface area contributed by atoms with Crippen LogP contribution in [-0.2, 0) is 16.1 Å². The molecule has 37 heavy (non-hydrogen) atoms. The van der Waals surface area contributed by atoms with E-state index in [2.05, 4.69) is 20.8 Å². The molecule has 0 atom stereocenters. The third kappa shape index (κ3) is 5.69. The maximum atomic E-state index is 15.4. The average molecular weight is 568 g/mol. The minimum atomic E-state index is -0.227. The van der Waals surface area contributed by atoms with E-state index in [0.29, 0.717) is 24.8 Å². The van der Waals surface area contributed by atoms with Crippen molar-refractivity contribution in [2.45, 2.75) is 25.7 Å². The van der Waals surface area contributed by atoms with Crippen molar-refractivity contribution in [2.24, 2.45) is 5.92 Å². The van der Waals surface area contributed by atoms with Crippen molar-refractivity contribution in [3.8, 4) is 11.5 Å². The lowest BCUT2D eigenvalue weighted by Crippen LogP contribution is -2.39. The molecule has 1 fully saturated rings. The third-order valence-electron chi connectivity index (χ3n) is 7.06. The molecule has 0 aliphatic carbocycles. The van der Waals surface area contributed by atoms with Gasteiger partial charge in [0.15, 0.2) is 6.29 Å². The van der Waals surface area contributed by atoms with Gasteiger partial charge in [-0.2, -0.15) is 0 Å². The minimum Gasteiger partial charge on any atom is -0.489 e. The second-order valence-electron chi connectivity index (χ2n) is 9.33. The fourth-order valence-corrected chi connectivity index (χ4v) is 5.70. The quantitative estimate of drug-likeness (QED) is 0.280. The Morgan fingerprint density at radius 1 is 1.00 bits per heavy atom. The molecular formula is C30H31BrFNO4. The molecular weight excluding hydrogens is 537 g/mol. The summed E-state index contributed by atoms with van der Waals surface area (Å²) < 4.78 is 39.1. The van der Waals surface area contributed by atoms with Crippen LogP contribution in [0.5, 0.6) is 11.5 Å². The maximum Gasteiger partial charge on any atom is 0.159 e. The number of nitrogens with zero attached hydrogens (tertiary/aromatic N) is 1. The Hall–Kier alpha value is -2.87. The monoisotopic (exact) mass is 567 g/mol. The van der Waals surface area contributed by atoms with Crippen LogP contribution in [0, 0.1) is 11.7 Å². The van der Waals surface area contributed by atoms with Crippen LogP contribution >= 0.6 is 15.9 Å². The molecule has 3 aromatic rings. The van der Waals surface area contributed by atoms with Crippen LogP contribution in [0.3, 0.4) is 0 Å². The van der Waals surface area contributed by atoms with Crippen molar-refractivity contribution in [1.29, 1.82) is 0 Å². The van der Waals surface area contributed by atoms with Gasteiger partial charge in [-0.1, -0.05) is 52.3 Å². The summed E-state index contributed by atoms with van der Waals surface area (Å²) in [6.07, 6.45) is 1.57. The van der Waals surface area contributed by atoms with E-state index in [9.17, 15) is 0 Å². The van der Waals surface area contributed by atoms with E-state index >= 15 is 4.39 Å². The zero-order valence-electron chi connectivity index (χ0n) is 21.1. The normalized spacial score (nSPS) is 16.1. The van der Waals surface area contributed by atoms with Crippen molar-refractivity contribution in [3.05, 3.63) is 93.7 Å². The molecule has 1 saturated heterocycles. The molecule has 0 saturated carbocycles. The number of anilines is 1. The van der Waals surface area contributed by atoms with Gasteiger partial charge in [0.2, 0.25) is 0 Å². The summed E-state index contributed by atoms with van der Waals surface area (Å²) >= 11 is 3.66. The standard InChI is InChI=1S/C30H31BrFNO4/c1-34-30(35-2)21-12-14-33(15-13-21)27-11-8-22(16-26(27)32)29-24-10-9-23(17-28(24)37-19-25(29)31)36-18-20-6-4-3-5-7-20/h3-11,16-17,21,30H,12-15,18-19H2,1-2H3. The number of hydrogen-bond acceptors (Lipinski definition) is 5. The van der Waals surface area contributed by atoms with E-state index in [-0.39, 0.29) is 12.1 Å². The van der Waals surface area contributed by atoms with Crippen LogP contribution in [0.25, 0.3) is 5.57 Å². The molecule has 7 heteroatoms. The van der Waals surface area contributed by atoms with Gasteiger partial charge in [-0.05, 0) is 48.2 Å². The van der Waals surface area contributed by atoms with Crippen LogP contribution in [0.2, 0.25) is 0 Å². The first-order chi connectivity index (χ1) is 18.1. The number of rotatable bonds is 8. The molecule has 5 nitrogen and oxygen atoms in total. The van der Waals surface area contributed by atoms with Crippen LogP contribution in [-0.4, -0.2) is 40.2 Å². The van der Waals surface area contributed by atoms with Crippen LogP contribution in [0.1, 0.15) is 29.5 Å². The first-order valence-electron chi connectivity index (χ1n) is 12.5. The zero-order valence-corrected chi connectivity index (χ0v) is 22.7. The predicted octanol–water partition coefficient (Wildman–Crippen LogP) is 6.79. The number of halogens is 2. The van der Waals surface area contributed by atoms with Crippen molar-refractivity contribution in [1.82, 2.24) is 0 Å². The molecule has 0 radical (unpaired) electrons. The summed E-state index contributed by atoms with van der Waals surface area (Å²) in [5, 5.41) is 0. The van der Waals surface area contributed by atoms with Crippen LogP contribution in [0.15, 0.2) is 71.2 Å². The highest BCUT2D eigenvalue weighted by Crippen LogP contribution is 2.42. The first kappa shape index (κ1) is 25.8. The molecule has 0 N–H and O–H groups in total. The number of fused-ring (bicyclic) bond motifs is 1. The summed E-state index contributed by atoms with van der Waals surface area (Å²) in [4.78, 5) is 2.11. The summed E-state index contributed by atoms with van der Waals surface area (Å²) in [7, 11) is 3.33. The molecule has 0 amide bonds. The van der Waals surface area contributed by atoms with Gasteiger partial charge in [0.1, 0.15) is 30.5 Å².